The van der Waals surface area contributed by atoms with Crippen molar-refractivity contribution in [2.24, 2.45) is 4.99 Å². The summed E-state index contributed by atoms with van der Waals surface area (Å²) in [4.78, 5) is 4.05. The average Bonchev–Trinajstić information content (AvgIpc) is 3.07. The standard InChI is InChI=1S/C15H12N6O2S/c16-8-11(9-17)14(10-18)20-12-3-1-4-13(7-12)24(22,23)21-15-5-2-6-19-15/h1,3-4,7,20H,2,5-6H2,(H,19,21). The van der Waals surface area contributed by atoms with Crippen LogP contribution in [-0.2, 0) is 10.0 Å². The number of allylic oxidation sites excluding steroid dienone is 2. The SMILES string of the molecule is N#CC(C#N)=C(C#N)Nc1cccc(S(=O)(=O)NC2=NCCC2)c1. The van der Waals surface area contributed by atoms with Crippen molar-refractivity contribution in [2.75, 3.05) is 11.9 Å². The van der Waals surface area contributed by atoms with Crippen molar-refractivity contribution >= 4 is 21.5 Å². The van der Waals surface area contributed by atoms with Gasteiger partial charge in [-0.15, -0.1) is 0 Å². The highest BCUT2D eigenvalue weighted by Gasteiger charge is 2.18. The van der Waals surface area contributed by atoms with Gasteiger partial charge in [0, 0.05) is 18.7 Å². The van der Waals surface area contributed by atoms with Crippen LogP contribution in [0, 0.1) is 34.0 Å². The molecule has 0 bridgehead atoms. The second-order valence-electron chi connectivity index (χ2n) is 4.78. The summed E-state index contributed by atoms with van der Waals surface area (Å²) < 4.78 is 27.1. The van der Waals surface area contributed by atoms with Crippen LogP contribution in [0.3, 0.4) is 0 Å². The van der Waals surface area contributed by atoms with E-state index in [-0.39, 0.29) is 21.9 Å². The fraction of sp³-hybridized carbons (Fsp3) is 0.200. The third-order valence-corrected chi connectivity index (χ3v) is 4.50. The maximum Gasteiger partial charge on any atom is 0.262 e. The zero-order valence-corrected chi connectivity index (χ0v) is 13.3. The Morgan fingerprint density at radius 3 is 2.50 bits per heavy atom. The van der Waals surface area contributed by atoms with Crippen LogP contribution in [0.1, 0.15) is 12.8 Å². The molecular formula is C15H12N6O2S. The maximum absolute atomic E-state index is 12.3. The largest absolute Gasteiger partial charge is 0.345 e. The summed E-state index contributed by atoms with van der Waals surface area (Å²) in [5.41, 5.74) is -0.363. The molecule has 2 N–H and O–H groups in total. The van der Waals surface area contributed by atoms with Crippen molar-refractivity contribution in [2.45, 2.75) is 17.7 Å². The number of nitriles is 3. The zero-order valence-electron chi connectivity index (χ0n) is 12.4. The first-order chi connectivity index (χ1) is 11.5. The minimum Gasteiger partial charge on any atom is -0.345 e. The molecule has 9 heteroatoms. The molecule has 0 radical (unpaired) electrons. The summed E-state index contributed by atoms with van der Waals surface area (Å²) in [6.45, 7) is 0.598. The van der Waals surface area contributed by atoms with Crippen LogP contribution in [0.5, 0.6) is 0 Å². The van der Waals surface area contributed by atoms with E-state index in [0.29, 0.717) is 18.8 Å². The molecule has 1 aliphatic heterocycles. The Balaban J connectivity index is 2.30. The molecule has 1 heterocycles. The lowest BCUT2D eigenvalue weighted by Gasteiger charge is -2.10. The van der Waals surface area contributed by atoms with Crippen molar-refractivity contribution in [1.82, 2.24) is 4.72 Å². The van der Waals surface area contributed by atoms with Gasteiger partial charge in [0.25, 0.3) is 10.0 Å². The van der Waals surface area contributed by atoms with Crippen LogP contribution in [-0.4, -0.2) is 20.8 Å². The molecule has 0 spiro atoms. The van der Waals surface area contributed by atoms with Gasteiger partial charge in [-0.05, 0) is 24.6 Å². The zero-order chi connectivity index (χ0) is 17.6. The van der Waals surface area contributed by atoms with Gasteiger partial charge in [0.2, 0.25) is 0 Å². The molecular weight excluding hydrogens is 328 g/mol. The summed E-state index contributed by atoms with van der Waals surface area (Å²) in [6.07, 6.45) is 1.38. The maximum atomic E-state index is 12.3. The predicted octanol–water partition coefficient (Wildman–Crippen LogP) is 1.39. The van der Waals surface area contributed by atoms with Crippen molar-refractivity contribution in [3.8, 4) is 18.2 Å². The van der Waals surface area contributed by atoms with Gasteiger partial charge in [-0.3, -0.25) is 9.71 Å². The number of benzene rings is 1. The van der Waals surface area contributed by atoms with Crippen LogP contribution in [0.4, 0.5) is 5.69 Å². The molecule has 1 aromatic carbocycles. The predicted molar refractivity (Wildman–Crippen MR) is 85.8 cm³/mol. The summed E-state index contributed by atoms with van der Waals surface area (Å²) in [5.74, 6) is 0.419. The van der Waals surface area contributed by atoms with E-state index < -0.39 is 10.0 Å². The van der Waals surface area contributed by atoms with Crippen molar-refractivity contribution < 1.29 is 8.42 Å². The summed E-state index contributed by atoms with van der Waals surface area (Å²) in [5, 5.41) is 29.2. The Morgan fingerprint density at radius 2 is 1.92 bits per heavy atom. The molecule has 24 heavy (non-hydrogen) atoms. The van der Waals surface area contributed by atoms with Gasteiger partial charge in [0.15, 0.2) is 5.57 Å². The molecule has 0 aliphatic carbocycles. The van der Waals surface area contributed by atoms with E-state index in [1.807, 2.05) is 0 Å². The fourth-order valence-corrected chi connectivity index (χ4v) is 3.14. The molecule has 0 amide bonds. The van der Waals surface area contributed by atoms with Crippen LogP contribution >= 0.6 is 0 Å². The highest BCUT2D eigenvalue weighted by atomic mass is 32.2. The molecule has 2 rings (SSSR count). The smallest absolute Gasteiger partial charge is 0.262 e. The van der Waals surface area contributed by atoms with Crippen molar-refractivity contribution in [1.29, 1.82) is 15.8 Å². The summed E-state index contributed by atoms with van der Waals surface area (Å²) in [6, 6.07) is 10.6. The highest BCUT2D eigenvalue weighted by Crippen LogP contribution is 2.18. The lowest BCUT2D eigenvalue weighted by Crippen LogP contribution is -2.29. The van der Waals surface area contributed by atoms with E-state index in [2.05, 4.69) is 15.0 Å². The Hall–Kier alpha value is -3.35. The van der Waals surface area contributed by atoms with Crippen LogP contribution in [0.2, 0.25) is 0 Å². The molecule has 0 saturated carbocycles. The molecule has 1 aliphatic rings. The fourth-order valence-electron chi connectivity index (χ4n) is 2.01. The van der Waals surface area contributed by atoms with Gasteiger partial charge in [-0.1, -0.05) is 6.07 Å². The van der Waals surface area contributed by atoms with E-state index in [0.717, 1.165) is 6.42 Å². The molecule has 0 aromatic heterocycles. The first-order valence-electron chi connectivity index (χ1n) is 6.88. The lowest BCUT2D eigenvalue weighted by molar-refractivity contribution is 0.592. The monoisotopic (exact) mass is 340 g/mol. The second-order valence-corrected chi connectivity index (χ2v) is 6.46. The summed E-state index contributed by atoms with van der Waals surface area (Å²) >= 11 is 0. The first-order valence-corrected chi connectivity index (χ1v) is 8.36. The normalized spacial score (nSPS) is 13.0. The van der Waals surface area contributed by atoms with Crippen molar-refractivity contribution in [3.63, 3.8) is 0 Å². The van der Waals surface area contributed by atoms with Gasteiger partial charge in [0.1, 0.15) is 29.7 Å². The molecule has 0 atom stereocenters. The Kier molecular flexibility index (Phi) is 5.16. The number of anilines is 1. The van der Waals surface area contributed by atoms with Crippen LogP contribution < -0.4 is 10.0 Å². The van der Waals surface area contributed by atoms with E-state index >= 15 is 0 Å². The third kappa shape index (κ3) is 3.89. The Bertz CT molecular complexity index is 925. The van der Waals surface area contributed by atoms with Gasteiger partial charge < -0.3 is 5.32 Å². The molecule has 1 aromatic rings. The van der Waals surface area contributed by atoms with E-state index in [4.69, 9.17) is 15.8 Å². The van der Waals surface area contributed by atoms with Gasteiger partial charge in [-0.2, -0.15) is 15.8 Å². The minimum atomic E-state index is -3.79. The Labute approximate surface area is 139 Å². The quantitative estimate of drug-likeness (QED) is 0.793. The first kappa shape index (κ1) is 17.0. The van der Waals surface area contributed by atoms with E-state index in [9.17, 15) is 8.42 Å². The van der Waals surface area contributed by atoms with Gasteiger partial charge in [0.05, 0.1) is 4.90 Å². The van der Waals surface area contributed by atoms with Crippen molar-refractivity contribution in [3.05, 3.63) is 35.5 Å². The number of hydrogen-bond acceptors (Lipinski definition) is 7. The van der Waals surface area contributed by atoms with E-state index in [1.165, 1.54) is 24.3 Å². The number of aliphatic imine (C=N–C) groups is 1. The highest BCUT2D eigenvalue weighted by molar-refractivity contribution is 7.90. The average molecular weight is 340 g/mol. The van der Waals surface area contributed by atoms with Crippen LogP contribution in [0.25, 0.3) is 0 Å². The van der Waals surface area contributed by atoms with Gasteiger partial charge in [-0.25, -0.2) is 8.42 Å². The topological polar surface area (TPSA) is 142 Å². The molecule has 0 fully saturated rings. The number of amidine groups is 1. The molecule has 8 nitrogen and oxygen atoms in total. The lowest BCUT2D eigenvalue weighted by atomic mass is 10.2. The number of hydrogen-bond donors (Lipinski definition) is 2. The number of sulfonamides is 1. The molecule has 0 saturated heterocycles. The summed E-state index contributed by atoms with van der Waals surface area (Å²) in [7, 11) is -3.79. The van der Waals surface area contributed by atoms with Gasteiger partial charge >= 0.3 is 0 Å². The second kappa shape index (κ2) is 7.28. The number of nitrogens with one attached hydrogen (secondary N) is 2. The number of nitrogens with zero attached hydrogens (tertiary/aromatic N) is 4. The van der Waals surface area contributed by atoms with E-state index in [1.54, 1.807) is 18.2 Å². The molecule has 120 valence electrons. The minimum absolute atomic E-state index is 0.0187. The van der Waals surface area contributed by atoms with Crippen LogP contribution in [0.15, 0.2) is 45.4 Å². The number of rotatable bonds is 4. The third-order valence-electron chi connectivity index (χ3n) is 3.13. The molecule has 0 unspecified atom stereocenters. The Morgan fingerprint density at radius 1 is 1.17 bits per heavy atom.